The first-order valence-electron chi connectivity index (χ1n) is 9.99. The number of anilines is 1. The monoisotopic (exact) mass is 457 g/mol. The molecule has 3 aromatic rings. The summed E-state index contributed by atoms with van der Waals surface area (Å²) in [5, 5.41) is 5.06. The summed E-state index contributed by atoms with van der Waals surface area (Å²) in [4.78, 5) is 36.4. The second kappa shape index (κ2) is 9.19. The summed E-state index contributed by atoms with van der Waals surface area (Å²) in [6.07, 6.45) is 1.36. The average molecular weight is 457 g/mol. The van der Waals surface area contributed by atoms with Gasteiger partial charge in [0.05, 0.1) is 19.5 Å². The van der Waals surface area contributed by atoms with E-state index in [2.05, 4.69) is 10.6 Å². The van der Waals surface area contributed by atoms with Gasteiger partial charge in [-0.3, -0.25) is 14.4 Å². The van der Waals surface area contributed by atoms with Crippen molar-refractivity contribution in [2.24, 2.45) is 0 Å². The molecule has 0 atom stereocenters. The van der Waals surface area contributed by atoms with Crippen LogP contribution in [0.3, 0.4) is 0 Å². The molecular weight excluding hydrogens is 439 g/mol. The van der Waals surface area contributed by atoms with Gasteiger partial charge in [0.25, 0.3) is 11.5 Å². The molecule has 7 nitrogen and oxygen atoms in total. The lowest BCUT2D eigenvalue weighted by atomic mass is 10.1. The van der Waals surface area contributed by atoms with Crippen LogP contribution in [-0.4, -0.2) is 29.5 Å². The normalized spacial score (nSPS) is 12.3. The molecule has 0 bridgehead atoms. The molecule has 170 valence electrons. The van der Waals surface area contributed by atoms with Gasteiger partial charge in [0, 0.05) is 17.4 Å². The molecule has 33 heavy (non-hydrogen) atoms. The molecule has 2 N–H and O–H groups in total. The molecule has 0 saturated carbocycles. The number of ether oxygens (including phenoxy) is 1. The first-order chi connectivity index (χ1) is 15.8. The van der Waals surface area contributed by atoms with Crippen LogP contribution in [0.5, 0.6) is 5.75 Å². The predicted octanol–water partition coefficient (Wildman–Crippen LogP) is 2.62. The molecule has 1 aliphatic rings. The van der Waals surface area contributed by atoms with Gasteiger partial charge in [-0.1, -0.05) is 6.07 Å². The Balaban J connectivity index is 1.36. The minimum atomic E-state index is -1.03. The van der Waals surface area contributed by atoms with Crippen molar-refractivity contribution in [3.05, 3.63) is 93.2 Å². The molecule has 0 fully saturated rings. The summed E-state index contributed by atoms with van der Waals surface area (Å²) < 4.78 is 47.5. The SMILES string of the molecule is O=C1Cc2c(ccc(OCCNC(=O)c3cccn(Cc4ccc(F)c(F)c4)c3=O)c2F)N1. The smallest absolute Gasteiger partial charge is 0.263 e. The molecule has 1 aliphatic heterocycles. The van der Waals surface area contributed by atoms with Crippen molar-refractivity contribution in [3.8, 4) is 5.75 Å². The Kier molecular flexibility index (Phi) is 6.16. The minimum Gasteiger partial charge on any atom is -0.489 e. The van der Waals surface area contributed by atoms with Crippen LogP contribution >= 0.6 is 0 Å². The highest BCUT2D eigenvalue weighted by Crippen LogP contribution is 2.31. The molecule has 2 amide bonds. The second-order valence-corrected chi connectivity index (χ2v) is 7.34. The Morgan fingerprint density at radius 2 is 1.91 bits per heavy atom. The lowest BCUT2D eigenvalue weighted by molar-refractivity contribution is -0.115. The standard InChI is InChI=1S/C23H18F3N3O4/c24-16-4-3-13(10-17(16)25)12-29-8-1-2-14(23(29)32)22(31)27-7-9-33-19-6-5-18-15(21(19)26)11-20(30)28-18/h1-6,8,10H,7,9,11-12H2,(H,27,31)(H,28,30). The Morgan fingerprint density at radius 3 is 2.70 bits per heavy atom. The number of pyridine rings is 1. The Labute approximate surface area is 185 Å². The van der Waals surface area contributed by atoms with Gasteiger partial charge in [-0.05, 0) is 42.0 Å². The minimum absolute atomic E-state index is 0.00987. The van der Waals surface area contributed by atoms with Crippen LogP contribution in [0.4, 0.5) is 18.9 Å². The zero-order valence-corrected chi connectivity index (χ0v) is 17.2. The van der Waals surface area contributed by atoms with E-state index in [-0.39, 0.29) is 48.9 Å². The van der Waals surface area contributed by atoms with Gasteiger partial charge in [0.2, 0.25) is 5.91 Å². The largest absolute Gasteiger partial charge is 0.489 e. The number of rotatable bonds is 7. The molecule has 4 rings (SSSR count). The number of nitrogens with zero attached hydrogens (tertiary/aromatic N) is 1. The van der Waals surface area contributed by atoms with E-state index in [9.17, 15) is 27.6 Å². The quantitative estimate of drug-likeness (QED) is 0.534. The van der Waals surface area contributed by atoms with Crippen LogP contribution < -0.4 is 20.9 Å². The number of amides is 2. The Morgan fingerprint density at radius 1 is 1.09 bits per heavy atom. The molecule has 0 spiro atoms. The highest BCUT2D eigenvalue weighted by molar-refractivity contribution is 5.99. The zero-order valence-electron chi connectivity index (χ0n) is 17.2. The third-order valence-corrected chi connectivity index (χ3v) is 5.07. The van der Waals surface area contributed by atoms with Crippen molar-refractivity contribution in [2.75, 3.05) is 18.5 Å². The van der Waals surface area contributed by atoms with Crippen LogP contribution in [0.15, 0.2) is 53.5 Å². The third-order valence-electron chi connectivity index (χ3n) is 5.07. The number of hydrogen-bond donors (Lipinski definition) is 2. The second-order valence-electron chi connectivity index (χ2n) is 7.34. The summed E-state index contributed by atoms with van der Waals surface area (Å²) in [6, 6.07) is 9.04. The fraction of sp³-hybridized carbons (Fsp3) is 0.174. The van der Waals surface area contributed by atoms with Gasteiger partial charge in [-0.15, -0.1) is 0 Å². The number of carbonyl (C=O) groups is 2. The van der Waals surface area contributed by atoms with Crippen molar-refractivity contribution in [3.63, 3.8) is 0 Å². The lowest BCUT2D eigenvalue weighted by Gasteiger charge is -2.11. The van der Waals surface area contributed by atoms with Gasteiger partial charge < -0.3 is 19.9 Å². The molecule has 0 aliphatic carbocycles. The van der Waals surface area contributed by atoms with Crippen molar-refractivity contribution >= 4 is 17.5 Å². The van der Waals surface area contributed by atoms with E-state index in [1.165, 1.54) is 41.1 Å². The molecule has 0 saturated heterocycles. The van der Waals surface area contributed by atoms with Crippen LogP contribution in [0.1, 0.15) is 21.5 Å². The molecule has 10 heteroatoms. The van der Waals surface area contributed by atoms with E-state index >= 15 is 0 Å². The first-order valence-corrected chi connectivity index (χ1v) is 9.99. The van der Waals surface area contributed by atoms with E-state index in [1.54, 1.807) is 0 Å². The van der Waals surface area contributed by atoms with Crippen LogP contribution in [0, 0.1) is 17.5 Å². The van der Waals surface area contributed by atoms with Crippen LogP contribution in [0.2, 0.25) is 0 Å². The molecular formula is C23H18F3N3O4. The first kappa shape index (κ1) is 22.1. The highest BCUT2D eigenvalue weighted by atomic mass is 19.2. The average Bonchev–Trinajstić information content (AvgIpc) is 3.17. The van der Waals surface area contributed by atoms with Crippen molar-refractivity contribution < 1.29 is 27.5 Å². The van der Waals surface area contributed by atoms with E-state index in [4.69, 9.17) is 4.74 Å². The van der Waals surface area contributed by atoms with Crippen LogP contribution in [0.25, 0.3) is 0 Å². The number of hydrogen-bond acceptors (Lipinski definition) is 4. The Bertz CT molecular complexity index is 1310. The summed E-state index contributed by atoms with van der Waals surface area (Å²) in [6.45, 7) is -0.127. The maximum absolute atomic E-state index is 14.4. The molecule has 2 aromatic carbocycles. The maximum atomic E-state index is 14.4. The fourth-order valence-corrected chi connectivity index (χ4v) is 3.45. The van der Waals surface area contributed by atoms with Crippen LogP contribution in [-0.2, 0) is 17.8 Å². The van der Waals surface area contributed by atoms with Gasteiger partial charge in [-0.25, -0.2) is 13.2 Å². The van der Waals surface area contributed by atoms with Gasteiger partial charge in [0.15, 0.2) is 23.2 Å². The summed E-state index contributed by atoms with van der Waals surface area (Å²) >= 11 is 0. The number of nitrogens with one attached hydrogen (secondary N) is 2. The van der Waals surface area contributed by atoms with E-state index in [1.807, 2.05) is 0 Å². The van der Waals surface area contributed by atoms with E-state index in [0.29, 0.717) is 11.3 Å². The predicted molar refractivity (Wildman–Crippen MR) is 113 cm³/mol. The molecule has 0 radical (unpaired) electrons. The lowest BCUT2D eigenvalue weighted by Crippen LogP contribution is -2.34. The number of benzene rings is 2. The fourth-order valence-electron chi connectivity index (χ4n) is 3.45. The number of halogens is 3. The van der Waals surface area contributed by atoms with Crippen molar-refractivity contribution in [1.29, 1.82) is 0 Å². The Hall–Kier alpha value is -4.08. The molecule has 2 heterocycles. The molecule has 1 aromatic heterocycles. The maximum Gasteiger partial charge on any atom is 0.263 e. The molecule has 0 unspecified atom stereocenters. The number of carbonyl (C=O) groups excluding carboxylic acids is 2. The summed E-state index contributed by atoms with van der Waals surface area (Å²) in [7, 11) is 0. The van der Waals surface area contributed by atoms with Gasteiger partial charge in [-0.2, -0.15) is 0 Å². The summed E-state index contributed by atoms with van der Waals surface area (Å²) in [5.74, 6) is -3.67. The van der Waals surface area contributed by atoms with E-state index < -0.39 is 28.9 Å². The number of fused-ring (bicyclic) bond motifs is 1. The van der Waals surface area contributed by atoms with Crippen molar-refractivity contribution in [2.45, 2.75) is 13.0 Å². The highest BCUT2D eigenvalue weighted by Gasteiger charge is 2.23. The van der Waals surface area contributed by atoms with Gasteiger partial charge >= 0.3 is 0 Å². The number of aromatic nitrogens is 1. The summed E-state index contributed by atoms with van der Waals surface area (Å²) in [5.41, 5.74) is 0.236. The third kappa shape index (κ3) is 4.74. The van der Waals surface area contributed by atoms with Gasteiger partial charge in [0.1, 0.15) is 12.2 Å². The topological polar surface area (TPSA) is 89.4 Å². The van der Waals surface area contributed by atoms with Crippen molar-refractivity contribution in [1.82, 2.24) is 9.88 Å². The zero-order chi connectivity index (χ0) is 23.5. The van der Waals surface area contributed by atoms with E-state index in [0.717, 1.165) is 12.1 Å².